The van der Waals surface area contributed by atoms with Crippen LogP contribution in [0, 0.1) is 0 Å². The molecule has 20 heavy (non-hydrogen) atoms. The highest BCUT2D eigenvalue weighted by molar-refractivity contribution is 5.89. The zero-order chi connectivity index (χ0) is 13.8. The number of hydrogen-bond acceptors (Lipinski definition) is 3. The zero-order valence-corrected chi connectivity index (χ0v) is 10.7. The van der Waals surface area contributed by atoms with Crippen LogP contribution in [-0.2, 0) is 6.54 Å². The molecule has 0 aliphatic carbocycles. The van der Waals surface area contributed by atoms with Crippen molar-refractivity contribution in [2.45, 2.75) is 6.54 Å². The van der Waals surface area contributed by atoms with E-state index in [0.717, 1.165) is 11.2 Å². The lowest BCUT2D eigenvalue weighted by atomic mass is 10.2. The summed E-state index contributed by atoms with van der Waals surface area (Å²) >= 11 is 0. The smallest absolute Gasteiger partial charge is 0.319 e. The van der Waals surface area contributed by atoms with Crippen molar-refractivity contribution in [1.29, 1.82) is 0 Å². The van der Waals surface area contributed by atoms with Gasteiger partial charge < -0.3 is 10.6 Å². The molecular formula is C14H13N5O. The summed E-state index contributed by atoms with van der Waals surface area (Å²) in [5.41, 5.74) is 2.47. The maximum Gasteiger partial charge on any atom is 0.319 e. The van der Waals surface area contributed by atoms with Crippen molar-refractivity contribution in [3.05, 3.63) is 60.6 Å². The third kappa shape index (κ3) is 2.74. The minimum absolute atomic E-state index is 0.249. The number of urea groups is 1. The van der Waals surface area contributed by atoms with E-state index in [4.69, 9.17) is 0 Å². The molecule has 6 nitrogen and oxygen atoms in total. The van der Waals surface area contributed by atoms with E-state index in [1.54, 1.807) is 29.1 Å². The second-order valence-corrected chi connectivity index (χ2v) is 4.31. The second-order valence-electron chi connectivity index (χ2n) is 4.31. The van der Waals surface area contributed by atoms with E-state index in [9.17, 15) is 4.79 Å². The number of fused-ring (bicyclic) bond motifs is 1. The van der Waals surface area contributed by atoms with Crippen LogP contribution >= 0.6 is 0 Å². The summed E-state index contributed by atoms with van der Waals surface area (Å²) in [6, 6.07) is 13.1. The molecule has 0 bridgehead atoms. The number of nitrogens with zero attached hydrogens (tertiary/aromatic N) is 3. The predicted octanol–water partition coefficient (Wildman–Crippen LogP) is 2.05. The topological polar surface area (TPSA) is 71.3 Å². The number of carbonyl (C=O) groups is 1. The fourth-order valence-corrected chi connectivity index (χ4v) is 1.85. The second kappa shape index (κ2) is 5.40. The van der Waals surface area contributed by atoms with Crippen LogP contribution in [0.2, 0.25) is 0 Å². The average Bonchev–Trinajstić information content (AvgIpc) is 2.94. The summed E-state index contributed by atoms with van der Waals surface area (Å²) in [7, 11) is 0. The maximum absolute atomic E-state index is 11.8. The molecule has 0 radical (unpaired) electrons. The van der Waals surface area contributed by atoms with Gasteiger partial charge in [-0.2, -0.15) is 0 Å². The van der Waals surface area contributed by atoms with Gasteiger partial charge in [0.25, 0.3) is 0 Å². The number of carbonyl (C=O) groups excluding carboxylic acids is 1. The Morgan fingerprint density at radius 1 is 1.15 bits per heavy atom. The average molecular weight is 267 g/mol. The molecule has 2 aromatic heterocycles. The van der Waals surface area contributed by atoms with E-state index in [1.165, 1.54) is 0 Å². The van der Waals surface area contributed by atoms with Crippen LogP contribution in [0.3, 0.4) is 0 Å². The number of pyridine rings is 1. The van der Waals surface area contributed by atoms with Crippen LogP contribution in [0.5, 0.6) is 0 Å². The highest BCUT2D eigenvalue weighted by Crippen LogP contribution is 2.08. The molecular weight excluding hydrogens is 254 g/mol. The van der Waals surface area contributed by atoms with Gasteiger partial charge in [-0.3, -0.25) is 4.40 Å². The van der Waals surface area contributed by atoms with Crippen molar-refractivity contribution in [3.8, 4) is 0 Å². The highest BCUT2D eigenvalue weighted by atomic mass is 16.2. The lowest BCUT2D eigenvalue weighted by molar-refractivity contribution is 0.251. The van der Waals surface area contributed by atoms with Gasteiger partial charge in [0, 0.05) is 12.7 Å². The molecule has 3 aromatic rings. The highest BCUT2D eigenvalue weighted by Gasteiger charge is 2.03. The van der Waals surface area contributed by atoms with Crippen molar-refractivity contribution in [2.24, 2.45) is 0 Å². The molecule has 1 aromatic carbocycles. The zero-order valence-electron chi connectivity index (χ0n) is 10.7. The number of hydrogen-bond donors (Lipinski definition) is 2. The number of aromatic nitrogens is 3. The predicted molar refractivity (Wildman–Crippen MR) is 75.3 cm³/mol. The summed E-state index contributed by atoms with van der Waals surface area (Å²) < 4.78 is 1.74. The third-order valence-electron chi connectivity index (χ3n) is 2.84. The SMILES string of the molecule is O=C(NCc1ccccc1)Nc1ccc2nncn2c1. The quantitative estimate of drug-likeness (QED) is 0.763. The number of rotatable bonds is 3. The van der Waals surface area contributed by atoms with Crippen molar-refractivity contribution in [2.75, 3.05) is 5.32 Å². The number of amides is 2. The van der Waals surface area contributed by atoms with E-state index in [1.807, 2.05) is 30.3 Å². The van der Waals surface area contributed by atoms with Crippen molar-refractivity contribution in [1.82, 2.24) is 19.9 Å². The number of nitrogens with one attached hydrogen (secondary N) is 2. The molecule has 100 valence electrons. The van der Waals surface area contributed by atoms with Crippen LogP contribution in [-0.4, -0.2) is 20.6 Å². The normalized spacial score (nSPS) is 10.4. The summed E-state index contributed by atoms with van der Waals surface area (Å²) in [4.78, 5) is 11.8. The Kier molecular flexibility index (Phi) is 3.28. The molecule has 2 amide bonds. The Hall–Kier alpha value is -2.89. The molecule has 6 heteroatoms. The van der Waals surface area contributed by atoms with Crippen LogP contribution in [0.15, 0.2) is 55.0 Å². The molecule has 0 saturated heterocycles. The molecule has 0 fully saturated rings. The van der Waals surface area contributed by atoms with Gasteiger partial charge in [-0.05, 0) is 17.7 Å². The van der Waals surface area contributed by atoms with E-state index in [-0.39, 0.29) is 6.03 Å². The Balaban J connectivity index is 1.61. The first-order valence-corrected chi connectivity index (χ1v) is 6.19. The van der Waals surface area contributed by atoms with Gasteiger partial charge >= 0.3 is 6.03 Å². The molecule has 0 saturated carbocycles. The monoisotopic (exact) mass is 267 g/mol. The minimum atomic E-state index is -0.249. The fourth-order valence-electron chi connectivity index (χ4n) is 1.85. The summed E-state index contributed by atoms with van der Waals surface area (Å²) in [5, 5.41) is 13.2. The molecule has 0 aliphatic rings. The van der Waals surface area contributed by atoms with Crippen LogP contribution in [0.4, 0.5) is 10.5 Å². The minimum Gasteiger partial charge on any atom is -0.334 e. The molecule has 3 rings (SSSR count). The summed E-state index contributed by atoms with van der Waals surface area (Å²) in [5.74, 6) is 0. The van der Waals surface area contributed by atoms with Gasteiger partial charge in [-0.25, -0.2) is 4.79 Å². The van der Waals surface area contributed by atoms with Gasteiger partial charge in [-0.1, -0.05) is 30.3 Å². The molecule has 0 spiro atoms. The molecule has 2 N–H and O–H groups in total. The van der Waals surface area contributed by atoms with E-state index in [0.29, 0.717) is 12.2 Å². The summed E-state index contributed by atoms with van der Waals surface area (Å²) in [6.45, 7) is 0.488. The first-order valence-electron chi connectivity index (χ1n) is 6.19. The van der Waals surface area contributed by atoms with Crippen molar-refractivity contribution >= 4 is 17.4 Å². The first kappa shape index (κ1) is 12.2. The fraction of sp³-hybridized carbons (Fsp3) is 0.0714. The standard InChI is InChI=1S/C14H13N5O/c20-14(15-8-11-4-2-1-3-5-11)17-12-6-7-13-18-16-10-19(13)9-12/h1-7,9-10H,8H2,(H2,15,17,20). The van der Waals surface area contributed by atoms with Crippen LogP contribution in [0.25, 0.3) is 5.65 Å². The third-order valence-corrected chi connectivity index (χ3v) is 2.84. The number of benzene rings is 1. The maximum atomic E-state index is 11.8. The van der Waals surface area contributed by atoms with Crippen molar-refractivity contribution in [3.63, 3.8) is 0 Å². The Morgan fingerprint density at radius 2 is 2.00 bits per heavy atom. The van der Waals surface area contributed by atoms with Crippen LogP contribution in [0.1, 0.15) is 5.56 Å². The Labute approximate surface area is 115 Å². The van der Waals surface area contributed by atoms with Gasteiger partial charge in [-0.15, -0.1) is 10.2 Å². The largest absolute Gasteiger partial charge is 0.334 e. The van der Waals surface area contributed by atoms with Gasteiger partial charge in [0.05, 0.1) is 5.69 Å². The van der Waals surface area contributed by atoms with Crippen molar-refractivity contribution < 1.29 is 4.79 Å². The molecule has 0 atom stereocenters. The number of anilines is 1. The lowest BCUT2D eigenvalue weighted by Gasteiger charge is -2.07. The lowest BCUT2D eigenvalue weighted by Crippen LogP contribution is -2.28. The van der Waals surface area contributed by atoms with E-state index >= 15 is 0 Å². The Bertz CT molecular complexity index is 723. The van der Waals surface area contributed by atoms with E-state index in [2.05, 4.69) is 20.8 Å². The van der Waals surface area contributed by atoms with Gasteiger partial charge in [0.1, 0.15) is 6.33 Å². The molecule has 2 heterocycles. The molecule has 0 aliphatic heterocycles. The van der Waals surface area contributed by atoms with Gasteiger partial charge in [0.2, 0.25) is 0 Å². The van der Waals surface area contributed by atoms with Gasteiger partial charge in [0.15, 0.2) is 5.65 Å². The van der Waals surface area contributed by atoms with E-state index < -0.39 is 0 Å². The van der Waals surface area contributed by atoms with Crippen LogP contribution < -0.4 is 10.6 Å². The first-order chi connectivity index (χ1) is 9.81. The Morgan fingerprint density at radius 3 is 2.85 bits per heavy atom. The molecule has 0 unspecified atom stereocenters. The summed E-state index contributed by atoms with van der Waals surface area (Å²) in [6.07, 6.45) is 3.35.